The van der Waals surface area contributed by atoms with Crippen LogP contribution in [-0.2, 0) is 7.05 Å². The Morgan fingerprint density at radius 3 is 2.94 bits per heavy atom. The highest BCUT2D eigenvalue weighted by molar-refractivity contribution is 9.10. The predicted molar refractivity (Wildman–Crippen MR) is 65.3 cm³/mol. The Morgan fingerprint density at radius 2 is 2.29 bits per heavy atom. The standard InChI is InChI=1S/C11H9BrFN3O/c1-16-6-7(5-14-16)15-11(17)8-3-2-4-9(12)10(8)13/h2-6H,1H3,(H,15,17). The summed E-state index contributed by atoms with van der Waals surface area (Å²) < 4.78 is 15.4. The first-order valence-electron chi connectivity index (χ1n) is 4.82. The zero-order chi connectivity index (χ0) is 12.4. The Bertz CT molecular complexity index is 568. The van der Waals surface area contributed by atoms with Crippen molar-refractivity contribution >= 4 is 27.5 Å². The van der Waals surface area contributed by atoms with Gasteiger partial charge >= 0.3 is 0 Å². The lowest BCUT2D eigenvalue weighted by Crippen LogP contribution is -2.13. The molecule has 17 heavy (non-hydrogen) atoms. The van der Waals surface area contributed by atoms with Gasteiger partial charge in [0.05, 0.1) is 21.9 Å². The Hall–Kier alpha value is -1.69. The number of anilines is 1. The van der Waals surface area contributed by atoms with Crippen LogP contribution in [0.25, 0.3) is 0 Å². The number of hydrogen-bond donors (Lipinski definition) is 1. The molecule has 0 aliphatic heterocycles. The molecule has 0 spiro atoms. The molecule has 2 aromatic rings. The summed E-state index contributed by atoms with van der Waals surface area (Å²) >= 11 is 3.03. The summed E-state index contributed by atoms with van der Waals surface area (Å²) in [6.07, 6.45) is 3.13. The SMILES string of the molecule is Cn1cc(NC(=O)c2cccc(Br)c2F)cn1. The van der Waals surface area contributed by atoms with Gasteiger partial charge in [-0.15, -0.1) is 0 Å². The third-order valence-electron chi connectivity index (χ3n) is 2.16. The minimum absolute atomic E-state index is 0.0109. The highest BCUT2D eigenvalue weighted by atomic mass is 79.9. The van der Waals surface area contributed by atoms with E-state index in [0.717, 1.165) is 0 Å². The summed E-state index contributed by atoms with van der Waals surface area (Å²) in [6.45, 7) is 0. The van der Waals surface area contributed by atoms with Gasteiger partial charge in [0.15, 0.2) is 0 Å². The third kappa shape index (κ3) is 2.52. The molecule has 4 nitrogen and oxygen atoms in total. The van der Waals surface area contributed by atoms with E-state index >= 15 is 0 Å². The molecule has 1 heterocycles. The van der Waals surface area contributed by atoms with E-state index in [4.69, 9.17) is 0 Å². The van der Waals surface area contributed by atoms with Crippen LogP contribution in [0.4, 0.5) is 10.1 Å². The zero-order valence-electron chi connectivity index (χ0n) is 8.95. The molecule has 1 aromatic carbocycles. The summed E-state index contributed by atoms with van der Waals surface area (Å²) in [5.74, 6) is -1.08. The maximum absolute atomic E-state index is 13.6. The Morgan fingerprint density at radius 1 is 1.53 bits per heavy atom. The van der Waals surface area contributed by atoms with E-state index in [9.17, 15) is 9.18 Å². The number of carbonyl (C=O) groups is 1. The van der Waals surface area contributed by atoms with E-state index in [1.807, 2.05) is 0 Å². The summed E-state index contributed by atoms with van der Waals surface area (Å²) in [7, 11) is 1.73. The minimum Gasteiger partial charge on any atom is -0.319 e. The molecule has 0 fully saturated rings. The summed E-state index contributed by atoms with van der Waals surface area (Å²) in [5, 5.41) is 6.47. The van der Waals surface area contributed by atoms with Gasteiger partial charge in [-0.05, 0) is 28.1 Å². The highest BCUT2D eigenvalue weighted by Gasteiger charge is 2.14. The number of benzene rings is 1. The molecule has 0 saturated heterocycles. The van der Waals surface area contributed by atoms with Crippen molar-refractivity contribution in [3.8, 4) is 0 Å². The molecule has 1 N–H and O–H groups in total. The minimum atomic E-state index is -0.575. The van der Waals surface area contributed by atoms with Crippen molar-refractivity contribution in [1.82, 2.24) is 9.78 Å². The monoisotopic (exact) mass is 297 g/mol. The predicted octanol–water partition coefficient (Wildman–Crippen LogP) is 2.57. The van der Waals surface area contributed by atoms with Gasteiger partial charge in [-0.1, -0.05) is 6.07 Å². The van der Waals surface area contributed by atoms with Crippen LogP contribution in [0.2, 0.25) is 0 Å². The summed E-state index contributed by atoms with van der Waals surface area (Å²) in [4.78, 5) is 11.8. The molecule has 1 aromatic heterocycles. The van der Waals surface area contributed by atoms with Crippen molar-refractivity contribution in [2.75, 3.05) is 5.32 Å². The first kappa shape index (κ1) is 11.8. The lowest BCUT2D eigenvalue weighted by atomic mass is 10.2. The second-order valence-electron chi connectivity index (χ2n) is 3.46. The van der Waals surface area contributed by atoms with E-state index in [2.05, 4.69) is 26.3 Å². The van der Waals surface area contributed by atoms with Crippen LogP contribution < -0.4 is 5.32 Å². The Kier molecular flexibility index (Phi) is 3.23. The number of aryl methyl sites for hydroxylation is 1. The lowest BCUT2D eigenvalue weighted by Gasteiger charge is -2.04. The molecule has 0 aliphatic carbocycles. The number of carbonyl (C=O) groups excluding carboxylic acids is 1. The van der Waals surface area contributed by atoms with Gasteiger partial charge in [-0.25, -0.2) is 4.39 Å². The van der Waals surface area contributed by atoms with Crippen molar-refractivity contribution in [1.29, 1.82) is 0 Å². The van der Waals surface area contributed by atoms with Gasteiger partial charge in [-0.3, -0.25) is 9.48 Å². The second-order valence-corrected chi connectivity index (χ2v) is 4.31. The van der Waals surface area contributed by atoms with E-state index < -0.39 is 11.7 Å². The van der Waals surface area contributed by atoms with Crippen molar-refractivity contribution < 1.29 is 9.18 Å². The first-order chi connectivity index (χ1) is 8.08. The van der Waals surface area contributed by atoms with Crippen molar-refractivity contribution in [3.63, 3.8) is 0 Å². The van der Waals surface area contributed by atoms with Crippen molar-refractivity contribution in [3.05, 3.63) is 46.4 Å². The van der Waals surface area contributed by atoms with Gasteiger partial charge in [-0.2, -0.15) is 5.10 Å². The zero-order valence-corrected chi connectivity index (χ0v) is 10.5. The average molecular weight is 298 g/mol. The number of hydrogen-bond acceptors (Lipinski definition) is 2. The maximum Gasteiger partial charge on any atom is 0.258 e. The number of rotatable bonds is 2. The van der Waals surface area contributed by atoms with Gasteiger partial charge in [0.25, 0.3) is 5.91 Å². The molecule has 0 aliphatic rings. The fourth-order valence-electron chi connectivity index (χ4n) is 1.36. The van der Waals surface area contributed by atoms with Crippen molar-refractivity contribution in [2.24, 2.45) is 7.05 Å². The van der Waals surface area contributed by atoms with E-state index in [-0.39, 0.29) is 10.0 Å². The van der Waals surface area contributed by atoms with Crippen LogP contribution in [0.15, 0.2) is 35.1 Å². The van der Waals surface area contributed by atoms with Crippen LogP contribution in [-0.4, -0.2) is 15.7 Å². The summed E-state index contributed by atoms with van der Waals surface area (Å²) in [5.41, 5.74) is 0.514. The molecule has 0 unspecified atom stereocenters. The number of nitrogens with zero attached hydrogens (tertiary/aromatic N) is 2. The normalized spacial score (nSPS) is 10.3. The number of aromatic nitrogens is 2. The molecule has 0 bridgehead atoms. The van der Waals surface area contributed by atoms with E-state index in [0.29, 0.717) is 5.69 Å². The molecule has 0 saturated carbocycles. The van der Waals surface area contributed by atoms with Gasteiger partial charge in [0.1, 0.15) is 5.82 Å². The molecule has 0 atom stereocenters. The molecule has 2 rings (SSSR count). The fourth-order valence-corrected chi connectivity index (χ4v) is 1.73. The third-order valence-corrected chi connectivity index (χ3v) is 2.77. The Balaban J connectivity index is 2.23. The molecule has 6 heteroatoms. The smallest absolute Gasteiger partial charge is 0.258 e. The summed E-state index contributed by atoms with van der Waals surface area (Å²) in [6, 6.07) is 4.56. The van der Waals surface area contributed by atoms with Crippen LogP contribution in [0.5, 0.6) is 0 Å². The topological polar surface area (TPSA) is 46.9 Å². The van der Waals surface area contributed by atoms with Crippen LogP contribution in [0.3, 0.4) is 0 Å². The Labute approximate surface area is 106 Å². The van der Waals surface area contributed by atoms with Crippen LogP contribution in [0.1, 0.15) is 10.4 Å². The molecule has 0 radical (unpaired) electrons. The molecular formula is C11H9BrFN3O. The first-order valence-corrected chi connectivity index (χ1v) is 5.61. The van der Waals surface area contributed by atoms with Gasteiger partial charge in [0.2, 0.25) is 0 Å². The number of amides is 1. The quantitative estimate of drug-likeness (QED) is 0.926. The molecule has 1 amide bonds. The van der Waals surface area contributed by atoms with Gasteiger partial charge < -0.3 is 5.32 Å². The number of halogens is 2. The van der Waals surface area contributed by atoms with Crippen molar-refractivity contribution in [2.45, 2.75) is 0 Å². The second kappa shape index (κ2) is 4.67. The largest absolute Gasteiger partial charge is 0.319 e. The lowest BCUT2D eigenvalue weighted by molar-refractivity contribution is 0.102. The van der Waals surface area contributed by atoms with Crippen LogP contribution >= 0.6 is 15.9 Å². The van der Waals surface area contributed by atoms with Crippen LogP contribution in [0, 0.1) is 5.82 Å². The van der Waals surface area contributed by atoms with E-state index in [1.54, 1.807) is 24.0 Å². The highest BCUT2D eigenvalue weighted by Crippen LogP contribution is 2.19. The maximum atomic E-state index is 13.6. The molecule has 88 valence electrons. The fraction of sp³-hybridized carbons (Fsp3) is 0.0909. The molecular weight excluding hydrogens is 289 g/mol. The average Bonchev–Trinajstić information content (AvgIpc) is 2.68. The van der Waals surface area contributed by atoms with E-state index in [1.165, 1.54) is 18.3 Å². The number of nitrogens with one attached hydrogen (secondary N) is 1. The van der Waals surface area contributed by atoms with Gasteiger partial charge in [0, 0.05) is 13.2 Å².